The topological polar surface area (TPSA) is 0 Å². The molecule has 10 heteroatoms. The maximum Gasteiger partial charge on any atom is 0.306 e. The summed E-state index contributed by atoms with van der Waals surface area (Å²) in [7, 11) is -1.56. The molecule has 0 aliphatic carbocycles. The number of halogens is 9. The summed E-state index contributed by atoms with van der Waals surface area (Å²) >= 11 is 0. The van der Waals surface area contributed by atoms with E-state index in [9.17, 15) is 39.5 Å². The fraction of sp³-hybridized carbons (Fsp3) is 0. The van der Waals surface area contributed by atoms with Crippen molar-refractivity contribution in [1.82, 2.24) is 0 Å². The molecule has 3 aromatic carbocycles. The van der Waals surface area contributed by atoms with Gasteiger partial charge in [0.25, 0.3) is 0 Å². The molecule has 0 amide bonds. The summed E-state index contributed by atoms with van der Waals surface area (Å²) in [6, 6.07) is 14.9. The summed E-state index contributed by atoms with van der Waals surface area (Å²) < 4.78 is 116. The molecular formula is C24H12F9P. The normalized spacial score (nSPS) is 10.8. The first-order chi connectivity index (χ1) is 16.1. The van der Waals surface area contributed by atoms with Crippen LogP contribution in [0, 0.1) is 0 Å². The van der Waals surface area contributed by atoms with Crippen LogP contribution in [0.2, 0.25) is 0 Å². The Morgan fingerprint density at radius 3 is 0.735 bits per heavy atom. The maximum absolute atomic E-state index is 13.5. The molecule has 0 aliphatic rings. The molecule has 0 saturated heterocycles. The van der Waals surface area contributed by atoms with Crippen LogP contribution in [0.1, 0.15) is 16.7 Å². The summed E-state index contributed by atoms with van der Waals surface area (Å²) in [5.74, 6) is -5.10. The monoisotopic (exact) mass is 502 g/mol. The molecule has 0 N–H and O–H groups in total. The first-order valence-electron chi connectivity index (χ1n) is 9.34. The van der Waals surface area contributed by atoms with Crippen LogP contribution >= 0.6 is 7.92 Å². The molecule has 0 fully saturated rings. The van der Waals surface area contributed by atoms with E-state index in [1.165, 1.54) is 36.4 Å². The van der Waals surface area contributed by atoms with Gasteiger partial charge in [-0.15, -0.1) is 0 Å². The Kier molecular flexibility index (Phi) is 7.99. The molecule has 3 rings (SSSR count). The second-order valence-corrected chi connectivity index (χ2v) is 8.92. The molecule has 0 radical (unpaired) electrons. The van der Waals surface area contributed by atoms with E-state index in [2.05, 4.69) is 0 Å². The SMILES string of the molecule is FC(F)=C(F)c1ccc(P(c2ccc(C(F)=C(F)F)cc2)c2ccc(C(F)=C(F)F)cc2)cc1. The lowest BCUT2D eigenvalue weighted by Crippen LogP contribution is -2.20. The zero-order valence-electron chi connectivity index (χ0n) is 16.8. The number of hydrogen-bond acceptors (Lipinski definition) is 0. The van der Waals surface area contributed by atoms with Crippen molar-refractivity contribution in [3.63, 3.8) is 0 Å². The lowest BCUT2D eigenvalue weighted by Gasteiger charge is -2.20. The summed E-state index contributed by atoms with van der Waals surface area (Å²) in [5, 5.41) is 1.48. The molecular weight excluding hydrogens is 490 g/mol. The van der Waals surface area contributed by atoms with Gasteiger partial charge < -0.3 is 0 Å². The fourth-order valence-corrected chi connectivity index (χ4v) is 5.28. The third kappa shape index (κ3) is 5.59. The van der Waals surface area contributed by atoms with Crippen LogP contribution in [0.25, 0.3) is 17.5 Å². The van der Waals surface area contributed by atoms with E-state index in [0.717, 1.165) is 36.4 Å². The number of benzene rings is 3. The van der Waals surface area contributed by atoms with Gasteiger partial charge >= 0.3 is 18.2 Å². The van der Waals surface area contributed by atoms with E-state index in [1.54, 1.807) is 0 Å². The largest absolute Gasteiger partial charge is 0.306 e. The highest BCUT2D eigenvalue weighted by atomic mass is 31.1. The highest BCUT2D eigenvalue weighted by molar-refractivity contribution is 7.79. The van der Waals surface area contributed by atoms with E-state index < -0.39 is 43.6 Å². The van der Waals surface area contributed by atoms with Crippen LogP contribution < -0.4 is 15.9 Å². The molecule has 0 nitrogen and oxygen atoms in total. The van der Waals surface area contributed by atoms with E-state index in [4.69, 9.17) is 0 Å². The Morgan fingerprint density at radius 1 is 0.353 bits per heavy atom. The Hall–Kier alpha value is -3.32. The zero-order chi connectivity index (χ0) is 25.0. The van der Waals surface area contributed by atoms with Crippen molar-refractivity contribution in [2.45, 2.75) is 0 Å². The fourth-order valence-electron chi connectivity index (χ4n) is 3.05. The van der Waals surface area contributed by atoms with Crippen LogP contribution in [0.3, 0.4) is 0 Å². The van der Waals surface area contributed by atoms with Gasteiger partial charge in [0.1, 0.15) is 0 Å². The van der Waals surface area contributed by atoms with Gasteiger partial charge in [0.2, 0.25) is 0 Å². The van der Waals surface area contributed by atoms with Crippen molar-refractivity contribution in [1.29, 1.82) is 0 Å². The van der Waals surface area contributed by atoms with Crippen molar-refractivity contribution in [2.24, 2.45) is 0 Å². The molecule has 176 valence electrons. The van der Waals surface area contributed by atoms with E-state index >= 15 is 0 Å². The minimum absolute atomic E-state index is 0.374. The lowest BCUT2D eigenvalue weighted by molar-refractivity contribution is 0.410. The average molecular weight is 502 g/mol. The van der Waals surface area contributed by atoms with Gasteiger partial charge in [-0.2, -0.15) is 26.3 Å². The second kappa shape index (κ2) is 10.7. The van der Waals surface area contributed by atoms with Gasteiger partial charge in [-0.1, -0.05) is 72.8 Å². The number of hydrogen-bond donors (Lipinski definition) is 0. The molecule has 0 saturated carbocycles. The van der Waals surface area contributed by atoms with Gasteiger partial charge in [-0.3, -0.25) is 0 Å². The first kappa shape index (κ1) is 25.3. The van der Waals surface area contributed by atoms with Crippen molar-refractivity contribution >= 4 is 41.3 Å². The van der Waals surface area contributed by atoms with Crippen molar-refractivity contribution in [3.05, 3.63) is 108 Å². The van der Waals surface area contributed by atoms with Gasteiger partial charge in [0.05, 0.1) is 0 Å². The minimum atomic E-state index is -2.49. The van der Waals surface area contributed by atoms with E-state index in [-0.39, 0.29) is 16.7 Å². The first-order valence-corrected chi connectivity index (χ1v) is 10.7. The van der Waals surface area contributed by atoms with Crippen LogP contribution in [0.15, 0.2) is 91.0 Å². The van der Waals surface area contributed by atoms with Crippen molar-refractivity contribution in [2.75, 3.05) is 0 Å². The predicted octanol–water partition coefficient (Wildman–Crippen LogP) is 8.05. The highest BCUT2D eigenvalue weighted by Gasteiger charge is 2.19. The lowest BCUT2D eigenvalue weighted by atomic mass is 10.2. The molecule has 0 aliphatic heterocycles. The molecule has 0 unspecified atom stereocenters. The predicted molar refractivity (Wildman–Crippen MR) is 116 cm³/mol. The van der Waals surface area contributed by atoms with Gasteiger partial charge in [-0.05, 0) is 23.8 Å². The van der Waals surface area contributed by atoms with Gasteiger partial charge in [0.15, 0.2) is 17.5 Å². The Balaban J connectivity index is 2.10. The Bertz CT molecular complexity index is 1090. The third-order valence-corrected chi connectivity index (χ3v) is 7.08. The standard InChI is InChI=1S/C24H12F9P/c25-19(22(28)29)13-1-7-16(8-2-13)34(17-9-3-14(4-10-17)20(26)23(30)31)18-11-5-15(6-12-18)21(27)24(32)33/h1-12H. The van der Waals surface area contributed by atoms with E-state index in [1.807, 2.05) is 0 Å². The minimum Gasteiger partial charge on any atom is -0.200 e. The third-order valence-electron chi connectivity index (χ3n) is 4.63. The highest BCUT2D eigenvalue weighted by Crippen LogP contribution is 2.35. The molecule has 34 heavy (non-hydrogen) atoms. The molecule has 0 aromatic heterocycles. The van der Waals surface area contributed by atoms with Crippen molar-refractivity contribution in [3.8, 4) is 0 Å². The summed E-state index contributed by atoms with van der Waals surface area (Å²) in [6.45, 7) is 0. The molecule has 0 spiro atoms. The second-order valence-electron chi connectivity index (χ2n) is 6.70. The summed E-state index contributed by atoms with van der Waals surface area (Å²) in [4.78, 5) is 0. The average Bonchev–Trinajstić information content (AvgIpc) is 2.84. The van der Waals surface area contributed by atoms with Crippen molar-refractivity contribution < 1.29 is 39.5 Å². The van der Waals surface area contributed by atoms with Gasteiger partial charge in [-0.25, -0.2) is 13.2 Å². The van der Waals surface area contributed by atoms with E-state index in [0.29, 0.717) is 15.9 Å². The van der Waals surface area contributed by atoms with Gasteiger partial charge in [0, 0.05) is 16.7 Å². The smallest absolute Gasteiger partial charge is 0.200 e. The molecule has 3 aromatic rings. The van der Waals surface area contributed by atoms with Crippen LogP contribution in [0.4, 0.5) is 39.5 Å². The Morgan fingerprint density at radius 2 is 0.559 bits per heavy atom. The molecule has 0 bridgehead atoms. The summed E-state index contributed by atoms with van der Waals surface area (Å²) in [5.41, 5.74) is -1.12. The maximum atomic E-state index is 13.5. The van der Waals surface area contributed by atoms with Crippen LogP contribution in [0.5, 0.6) is 0 Å². The van der Waals surface area contributed by atoms with Crippen LogP contribution in [-0.2, 0) is 0 Å². The molecule has 0 heterocycles. The Labute approximate surface area is 189 Å². The summed E-state index contributed by atoms with van der Waals surface area (Å²) in [6.07, 6.45) is -7.48. The molecule has 0 atom stereocenters. The number of rotatable bonds is 6. The zero-order valence-corrected chi connectivity index (χ0v) is 17.7. The van der Waals surface area contributed by atoms with Crippen LogP contribution in [-0.4, -0.2) is 0 Å². The quantitative estimate of drug-likeness (QED) is 0.236.